The van der Waals surface area contributed by atoms with Gasteiger partial charge in [-0.3, -0.25) is 5.32 Å². The number of para-hydroxylation sites is 1. The molecule has 5 nitrogen and oxygen atoms in total. The van der Waals surface area contributed by atoms with Crippen molar-refractivity contribution in [1.82, 2.24) is 10.6 Å². The molecule has 2 N–H and O–H groups in total. The number of rotatable bonds is 7. The number of nitrogens with zero attached hydrogens (tertiary/aromatic N) is 2. The Balaban J connectivity index is 1.02. The van der Waals surface area contributed by atoms with Gasteiger partial charge in [-0.1, -0.05) is 158 Å². The number of amidine groups is 1. The van der Waals surface area contributed by atoms with Gasteiger partial charge < -0.3 is 15.0 Å². The van der Waals surface area contributed by atoms with Crippen LogP contribution in [-0.2, 0) is 6.42 Å². The van der Waals surface area contributed by atoms with Crippen molar-refractivity contribution in [3.8, 4) is 16.9 Å². The normalized spacial score (nSPS) is 20.2. The van der Waals surface area contributed by atoms with Gasteiger partial charge in [-0.2, -0.15) is 0 Å². The van der Waals surface area contributed by atoms with Crippen LogP contribution in [0.5, 0.6) is 5.75 Å². The summed E-state index contributed by atoms with van der Waals surface area (Å²) in [5.74, 6) is 1.82. The lowest BCUT2D eigenvalue weighted by Crippen LogP contribution is -2.47. The van der Waals surface area contributed by atoms with E-state index in [-0.39, 0.29) is 24.4 Å². The first kappa shape index (κ1) is 34.3. The number of hydrogen-bond donors (Lipinski definition) is 2. The topological polar surface area (TPSA) is 48.9 Å². The molecule has 0 aromatic heterocycles. The molecule has 4 atom stereocenters. The molecule has 0 radical (unpaired) electrons. The van der Waals surface area contributed by atoms with Gasteiger partial charge in [0.05, 0.1) is 5.69 Å². The second-order valence-electron chi connectivity index (χ2n) is 15.4. The minimum Gasteiger partial charge on any atom is -0.482 e. The van der Waals surface area contributed by atoms with E-state index in [1.54, 1.807) is 0 Å². The van der Waals surface area contributed by atoms with Crippen LogP contribution in [0.3, 0.4) is 0 Å². The van der Waals surface area contributed by atoms with E-state index in [9.17, 15) is 0 Å². The Labute approximate surface area is 339 Å². The highest BCUT2D eigenvalue weighted by molar-refractivity contribution is 6.01. The maximum atomic E-state index is 7.40. The smallest absolute Gasteiger partial charge is 0.148 e. The van der Waals surface area contributed by atoms with Crippen molar-refractivity contribution >= 4 is 39.7 Å². The molecule has 5 heteroatoms. The zero-order valence-electron chi connectivity index (χ0n) is 32.0. The van der Waals surface area contributed by atoms with Crippen LogP contribution < -0.4 is 20.3 Å². The van der Waals surface area contributed by atoms with Gasteiger partial charge in [-0.05, 0) is 93.4 Å². The molecule has 4 unspecified atom stereocenters. The summed E-state index contributed by atoms with van der Waals surface area (Å²) in [6, 6.07) is 58.2. The first-order valence-corrected chi connectivity index (χ1v) is 20.3. The molecule has 0 spiro atoms. The molecule has 58 heavy (non-hydrogen) atoms. The largest absolute Gasteiger partial charge is 0.482 e. The van der Waals surface area contributed by atoms with Crippen LogP contribution in [0.4, 0.5) is 17.1 Å². The van der Waals surface area contributed by atoms with Gasteiger partial charge in [0.25, 0.3) is 0 Å². The molecule has 4 aliphatic rings. The summed E-state index contributed by atoms with van der Waals surface area (Å²) in [5.41, 5.74) is 12.8. The third-order valence-corrected chi connectivity index (χ3v) is 12.0. The first-order valence-electron chi connectivity index (χ1n) is 20.3. The van der Waals surface area contributed by atoms with Gasteiger partial charge in [0.2, 0.25) is 0 Å². The summed E-state index contributed by atoms with van der Waals surface area (Å²) in [6.07, 6.45) is 12.7. The zero-order valence-corrected chi connectivity index (χ0v) is 32.0. The molecule has 280 valence electrons. The molecule has 2 aliphatic heterocycles. The summed E-state index contributed by atoms with van der Waals surface area (Å²) in [6.45, 7) is 0. The zero-order chi connectivity index (χ0) is 38.4. The average molecular weight is 751 g/mol. The molecule has 2 heterocycles. The number of hydrogen-bond acceptors (Lipinski definition) is 5. The van der Waals surface area contributed by atoms with Crippen molar-refractivity contribution in [3.05, 3.63) is 221 Å². The van der Waals surface area contributed by atoms with E-state index in [1.165, 1.54) is 38.6 Å². The molecular formula is C53H42N4O. The first-order chi connectivity index (χ1) is 28.7. The maximum Gasteiger partial charge on any atom is 0.148 e. The Morgan fingerprint density at radius 3 is 2.17 bits per heavy atom. The van der Waals surface area contributed by atoms with Crippen molar-refractivity contribution in [2.45, 2.75) is 37.2 Å². The van der Waals surface area contributed by atoms with E-state index in [4.69, 9.17) is 9.73 Å². The Bertz CT molecular complexity index is 2770. The van der Waals surface area contributed by atoms with Gasteiger partial charge in [0.1, 0.15) is 30.0 Å². The lowest BCUT2D eigenvalue weighted by molar-refractivity contribution is 0.260. The lowest BCUT2D eigenvalue weighted by Gasteiger charge is -2.35. The predicted molar refractivity (Wildman–Crippen MR) is 238 cm³/mol. The van der Waals surface area contributed by atoms with Crippen molar-refractivity contribution in [2.75, 3.05) is 4.90 Å². The Kier molecular flexibility index (Phi) is 8.59. The molecule has 11 rings (SSSR count). The van der Waals surface area contributed by atoms with Crippen LogP contribution in [-0.4, -0.2) is 11.9 Å². The van der Waals surface area contributed by atoms with E-state index in [0.29, 0.717) is 0 Å². The SMILES string of the molecule is C1=CC2c3c4c(cc(N(c5ccccc5)c5ccc(-c6ccccc6)cc5)c3OC2C(C2=NC(c3ccc5ccccc5c3)NC(c3ccccc3)N2)=C1)C=CCC4. The fourth-order valence-electron chi connectivity index (χ4n) is 9.14. The molecule has 0 saturated heterocycles. The standard InChI is InChI=1S/C53H42N4O/c1-4-15-35(16-5-1)37-29-31-43(32-30-37)57(42-22-8-3-9-23-42)47-34-40-21-12-13-24-44(40)48-45-25-14-26-46(49(45)58-50(47)48)53-55-51(38-18-6-2-7-19-38)54-52(56-53)41-28-27-36-17-10-11-20-39(36)33-41/h1-12,14-23,25-34,45,49,51-52,54H,13,24H2,(H,55,56). The van der Waals surface area contributed by atoms with Crippen molar-refractivity contribution in [1.29, 1.82) is 0 Å². The van der Waals surface area contributed by atoms with Crippen molar-refractivity contribution in [2.24, 2.45) is 4.99 Å². The highest BCUT2D eigenvalue weighted by Gasteiger charge is 2.44. The fourth-order valence-corrected chi connectivity index (χ4v) is 9.14. The summed E-state index contributed by atoms with van der Waals surface area (Å²) in [5, 5.41) is 10.1. The molecular weight excluding hydrogens is 709 g/mol. The van der Waals surface area contributed by atoms with Gasteiger partial charge in [0.15, 0.2) is 0 Å². The molecule has 7 aromatic rings. The second-order valence-corrected chi connectivity index (χ2v) is 15.4. The van der Waals surface area contributed by atoms with Crippen molar-refractivity contribution < 1.29 is 4.74 Å². The molecule has 0 bridgehead atoms. The molecule has 2 aliphatic carbocycles. The minimum absolute atomic E-state index is 0.0296. The number of ether oxygens (including phenoxy) is 1. The van der Waals surface area contributed by atoms with E-state index in [1.807, 2.05) is 0 Å². The highest BCUT2D eigenvalue weighted by Crippen LogP contribution is 2.54. The summed E-state index contributed by atoms with van der Waals surface area (Å²) >= 11 is 0. The van der Waals surface area contributed by atoms with E-state index in [0.717, 1.165) is 58.2 Å². The highest BCUT2D eigenvalue weighted by atomic mass is 16.5. The van der Waals surface area contributed by atoms with Crippen molar-refractivity contribution in [3.63, 3.8) is 0 Å². The number of fused-ring (bicyclic) bond motifs is 6. The van der Waals surface area contributed by atoms with Gasteiger partial charge in [-0.15, -0.1) is 0 Å². The van der Waals surface area contributed by atoms with Crippen LogP contribution >= 0.6 is 0 Å². The summed E-state index contributed by atoms with van der Waals surface area (Å²) in [7, 11) is 0. The van der Waals surface area contributed by atoms with Gasteiger partial charge in [0, 0.05) is 28.4 Å². The molecule has 0 saturated carbocycles. The maximum absolute atomic E-state index is 7.40. The quantitative estimate of drug-likeness (QED) is 0.170. The summed E-state index contributed by atoms with van der Waals surface area (Å²) < 4.78 is 7.40. The van der Waals surface area contributed by atoms with Crippen LogP contribution in [0.15, 0.2) is 199 Å². The van der Waals surface area contributed by atoms with Crippen LogP contribution in [0.25, 0.3) is 28.0 Å². The minimum atomic E-state index is -0.263. The third-order valence-electron chi connectivity index (χ3n) is 12.0. The van der Waals surface area contributed by atoms with Gasteiger partial charge in [-0.25, -0.2) is 4.99 Å². The summed E-state index contributed by atoms with van der Waals surface area (Å²) in [4.78, 5) is 7.81. The molecule has 7 aromatic carbocycles. The lowest BCUT2D eigenvalue weighted by atomic mass is 9.80. The monoisotopic (exact) mass is 750 g/mol. The number of nitrogens with one attached hydrogen (secondary N) is 2. The Morgan fingerprint density at radius 2 is 1.36 bits per heavy atom. The van der Waals surface area contributed by atoms with Crippen LogP contribution in [0.2, 0.25) is 0 Å². The average Bonchev–Trinajstić information content (AvgIpc) is 3.71. The number of allylic oxidation sites excluding steroid dienone is 3. The second kappa shape index (κ2) is 14.5. The molecule has 0 fully saturated rings. The van der Waals surface area contributed by atoms with E-state index in [2.05, 4.69) is 210 Å². The van der Waals surface area contributed by atoms with Crippen LogP contribution in [0.1, 0.15) is 52.5 Å². The van der Waals surface area contributed by atoms with Crippen LogP contribution in [0, 0.1) is 0 Å². The third kappa shape index (κ3) is 6.12. The number of aliphatic imine (C=N–C) groups is 1. The number of anilines is 3. The Morgan fingerprint density at radius 1 is 0.655 bits per heavy atom. The Hall–Kier alpha value is -6.95. The van der Waals surface area contributed by atoms with E-state index < -0.39 is 0 Å². The number of benzene rings is 7. The van der Waals surface area contributed by atoms with E-state index >= 15 is 0 Å². The van der Waals surface area contributed by atoms with Gasteiger partial charge >= 0.3 is 0 Å². The predicted octanol–water partition coefficient (Wildman–Crippen LogP) is 12.3. The fraction of sp³-hybridized carbons (Fsp3) is 0.113. The molecule has 0 amide bonds.